The summed E-state index contributed by atoms with van der Waals surface area (Å²) in [6.07, 6.45) is -6.16. The highest BCUT2D eigenvalue weighted by molar-refractivity contribution is 5.23. The van der Waals surface area contributed by atoms with Gasteiger partial charge in [0.2, 0.25) is 0 Å². The second-order valence-corrected chi connectivity index (χ2v) is 3.90. The molecule has 0 saturated carbocycles. The van der Waals surface area contributed by atoms with Gasteiger partial charge >= 0.3 is 6.18 Å². The van der Waals surface area contributed by atoms with Crippen molar-refractivity contribution >= 4 is 0 Å². The van der Waals surface area contributed by atoms with Crippen molar-refractivity contribution in [3.8, 4) is 0 Å². The molecule has 0 heterocycles. The van der Waals surface area contributed by atoms with Crippen molar-refractivity contribution in [2.75, 3.05) is 13.2 Å². The smallest absolute Gasteiger partial charge is 0.386 e. The van der Waals surface area contributed by atoms with Gasteiger partial charge in [-0.25, -0.2) is 0 Å². The lowest BCUT2D eigenvalue weighted by Gasteiger charge is -2.13. The molecule has 1 atom stereocenters. The van der Waals surface area contributed by atoms with Crippen molar-refractivity contribution in [1.29, 1.82) is 0 Å². The van der Waals surface area contributed by atoms with Crippen molar-refractivity contribution in [3.63, 3.8) is 0 Å². The van der Waals surface area contributed by atoms with E-state index in [2.05, 4.69) is 0 Å². The van der Waals surface area contributed by atoms with E-state index in [1.165, 1.54) is 0 Å². The predicted molar refractivity (Wildman–Crippen MR) is 60.8 cm³/mol. The Hall–Kier alpha value is -1.11. The van der Waals surface area contributed by atoms with Crippen LogP contribution in [0.5, 0.6) is 0 Å². The van der Waals surface area contributed by atoms with Gasteiger partial charge in [-0.2, -0.15) is 13.2 Å². The summed E-state index contributed by atoms with van der Waals surface area (Å²) in [5, 5.41) is 9.68. The summed E-state index contributed by atoms with van der Waals surface area (Å²) in [5.74, 6) is 0. The molecule has 18 heavy (non-hydrogen) atoms. The Labute approximate surface area is 103 Å². The zero-order chi connectivity index (χ0) is 13.6. The normalized spacial score (nSPS) is 13.6. The third kappa shape index (κ3) is 5.48. The standard InChI is InChI=1S/C12H16F3NO2/c13-12(14,15)5-6-18-8-11(17)10-3-1-9(7-16)2-4-10/h1-4,11,17H,5-8,16H2. The monoisotopic (exact) mass is 263 g/mol. The largest absolute Gasteiger partial charge is 0.391 e. The fourth-order valence-corrected chi connectivity index (χ4v) is 1.35. The maximum absolute atomic E-state index is 11.8. The molecule has 0 fully saturated rings. The van der Waals surface area contributed by atoms with Gasteiger partial charge in [-0.05, 0) is 11.1 Å². The van der Waals surface area contributed by atoms with Gasteiger partial charge in [-0.15, -0.1) is 0 Å². The van der Waals surface area contributed by atoms with Crippen LogP contribution in [0.25, 0.3) is 0 Å². The number of alkyl halides is 3. The number of ether oxygens (including phenoxy) is 1. The van der Waals surface area contributed by atoms with Crippen molar-refractivity contribution in [2.45, 2.75) is 25.2 Å². The van der Waals surface area contributed by atoms with E-state index in [1.54, 1.807) is 24.3 Å². The molecular weight excluding hydrogens is 247 g/mol. The van der Waals surface area contributed by atoms with E-state index in [1.807, 2.05) is 0 Å². The van der Waals surface area contributed by atoms with E-state index in [-0.39, 0.29) is 6.61 Å². The molecule has 0 spiro atoms. The van der Waals surface area contributed by atoms with E-state index in [0.717, 1.165) is 5.56 Å². The summed E-state index contributed by atoms with van der Waals surface area (Å²) in [4.78, 5) is 0. The highest BCUT2D eigenvalue weighted by atomic mass is 19.4. The quantitative estimate of drug-likeness (QED) is 0.773. The van der Waals surface area contributed by atoms with Gasteiger partial charge in [0.15, 0.2) is 0 Å². The van der Waals surface area contributed by atoms with Gasteiger partial charge in [-0.3, -0.25) is 0 Å². The fourth-order valence-electron chi connectivity index (χ4n) is 1.35. The molecule has 0 bridgehead atoms. The summed E-state index contributed by atoms with van der Waals surface area (Å²) in [6, 6.07) is 6.88. The number of aliphatic hydroxyl groups excluding tert-OH is 1. The van der Waals surface area contributed by atoms with Crippen LogP contribution in [0.1, 0.15) is 23.7 Å². The average molecular weight is 263 g/mol. The van der Waals surface area contributed by atoms with Crippen molar-refractivity contribution in [3.05, 3.63) is 35.4 Å². The number of hydrogen-bond acceptors (Lipinski definition) is 3. The minimum atomic E-state index is -4.23. The fraction of sp³-hybridized carbons (Fsp3) is 0.500. The number of nitrogens with two attached hydrogens (primary N) is 1. The lowest BCUT2D eigenvalue weighted by atomic mass is 10.1. The molecule has 3 N–H and O–H groups in total. The molecule has 0 aliphatic rings. The number of rotatable bonds is 6. The van der Waals surface area contributed by atoms with Gasteiger partial charge in [0.1, 0.15) is 6.10 Å². The third-order valence-electron chi connectivity index (χ3n) is 2.41. The summed E-state index contributed by atoms with van der Waals surface area (Å²) in [5.41, 5.74) is 6.94. The van der Waals surface area contributed by atoms with E-state index in [9.17, 15) is 18.3 Å². The summed E-state index contributed by atoms with van der Waals surface area (Å²) < 4.78 is 40.3. The van der Waals surface area contributed by atoms with E-state index in [0.29, 0.717) is 12.1 Å². The minimum Gasteiger partial charge on any atom is -0.386 e. The highest BCUT2D eigenvalue weighted by Gasteiger charge is 2.26. The van der Waals surface area contributed by atoms with Crippen LogP contribution >= 0.6 is 0 Å². The van der Waals surface area contributed by atoms with E-state index >= 15 is 0 Å². The Morgan fingerprint density at radius 2 is 1.83 bits per heavy atom. The van der Waals surface area contributed by atoms with Crippen molar-refractivity contribution in [1.82, 2.24) is 0 Å². The van der Waals surface area contributed by atoms with Gasteiger partial charge < -0.3 is 15.6 Å². The third-order valence-corrected chi connectivity index (χ3v) is 2.41. The topological polar surface area (TPSA) is 55.5 Å². The Balaban J connectivity index is 2.33. The highest BCUT2D eigenvalue weighted by Crippen LogP contribution is 2.20. The van der Waals surface area contributed by atoms with Gasteiger partial charge in [0.25, 0.3) is 0 Å². The molecule has 0 aromatic heterocycles. The van der Waals surface area contributed by atoms with Crippen LogP contribution in [0.3, 0.4) is 0 Å². The summed E-state index contributed by atoms with van der Waals surface area (Å²) >= 11 is 0. The number of benzene rings is 1. The maximum Gasteiger partial charge on any atom is 0.391 e. The number of halogens is 3. The van der Waals surface area contributed by atoms with Gasteiger partial charge in [0, 0.05) is 6.54 Å². The molecule has 3 nitrogen and oxygen atoms in total. The van der Waals surface area contributed by atoms with E-state index < -0.39 is 25.3 Å². The lowest BCUT2D eigenvalue weighted by molar-refractivity contribution is -0.147. The van der Waals surface area contributed by atoms with Crippen molar-refractivity contribution < 1.29 is 23.0 Å². The maximum atomic E-state index is 11.8. The molecular formula is C12H16F3NO2. The second-order valence-electron chi connectivity index (χ2n) is 3.90. The predicted octanol–water partition coefficient (Wildman–Crippen LogP) is 2.15. The SMILES string of the molecule is NCc1ccc(C(O)COCCC(F)(F)F)cc1. The first kappa shape index (κ1) is 14.9. The first-order chi connectivity index (χ1) is 8.42. The molecule has 1 unspecified atom stereocenters. The molecule has 0 aliphatic heterocycles. The number of aliphatic hydroxyl groups is 1. The van der Waals surface area contributed by atoms with Crippen LogP contribution in [0.2, 0.25) is 0 Å². The molecule has 102 valence electrons. The Morgan fingerprint density at radius 1 is 1.22 bits per heavy atom. The van der Waals surface area contributed by atoms with Crippen LogP contribution < -0.4 is 5.73 Å². The number of hydrogen-bond donors (Lipinski definition) is 2. The Morgan fingerprint density at radius 3 is 2.33 bits per heavy atom. The molecule has 1 rings (SSSR count). The van der Waals surface area contributed by atoms with Gasteiger partial charge in [-0.1, -0.05) is 24.3 Å². The van der Waals surface area contributed by atoms with Crippen LogP contribution in [0.4, 0.5) is 13.2 Å². The Bertz CT molecular complexity index is 351. The average Bonchev–Trinajstić information content (AvgIpc) is 2.33. The van der Waals surface area contributed by atoms with Crippen LogP contribution in [-0.4, -0.2) is 24.5 Å². The molecule has 0 aliphatic carbocycles. The molecule has 6 heteroatoms. The second kappa shape index (κ2) is 6.72. The Kier molecular flexibility index (Phi) is 5.58. The van der Waals surface area contributed by atoms with Crippen molar-refractivity contribution in [2.24, 2.45) is 5.73 Å². The zero-order valence-corrected chi connectivity index (χ0v) is 9.78. The van der Waals surface area contributed by atoms with Gasteiger partial charge in [0.05, 0.1) is 19.6 Å². The molecule has 0 radical (unpaired) electrons. The molecule has 1 aromatic rings. The van der Waals surface area contributed by atoms with Crippen LogP contribution in [0.15, 0.2) is 24.3 Å². The molecule has 0 amide bonds. The first-order valence-corrected chi connectivity index (χ1v) is 5.54. The molecule has 0 saturated heterocycles. The molecule has 1 aromatic carbocycles. The summed E-state index contributed by atoms with van der Waals surface area (Å²) in [6.45, 7) is -0.196. The zero-order valence-electron chi connectivity index (χ0n) is 9.78. The summed E-state index contributed by atoms with van der Waals surface area (Å²) in [7, 11) is 0. The van der Waals surface area contributed by atoms with E-state index in [4.69, 9.17) is 10.5 Å². The first-order valence-electron chi connectivity index (χ1n) is 5.54. The van der Waals surface area contributed by atoms with Crippen LogP contribution in [-0.2, 0) is 11.3 Å². The minimum absolute atomic E-state index is 0.155. The lowest BCUT2D eigenvalue weighted by Crippen LogP contribution is -2.14. The van der Waals surface area contributed by atoms with Crippen LogP contribution in [0, 0.1) is 0 Å².